The minimum absolute atomic E-state index is 0.0455. The third-order valence-corrected chi connectivity index (χ3v) is 19.7. The number of likely N-dealkylation sites (tertiary alicyclic amines) is 3. The quantitative estimate of drug-likeness (QED) is 0.0323. The van der Waals surface area contributed by atoms with Crippen molar-refractivity contribution in [3.63, 3.8) is 0 Å². The molecule has 2 amide bonds. The van der Waals surface area contributed by atoms with Crippen molar-refractivity contribution in [3.8, 4) is 27.4 Å². The molecule has 18 heteroatoms. The van der Waals surface area contributed by atoms with E-state index in [1.807, 2.05) is 66.7 Å². The van der Waals surface area contributed by atoms with Crippen LogP contribution in [0.15, 0.2) is 70.7 Å². The number of phenols is 1. The number of unbranched alkanes of at least 4 members (excludes halogenated alkanes) is 1. The molecule has 5 aromatic rings. The summed E-state index contributed by atoms with van der Waals surface area (Å²) in [7, 11) is 0. The molecular weight excluding hydrogens is 1070 g/mol. The molecule has 7 heterocycles. The summed E-state index contributed by atoms with van der Waals surface area (Å²) < 4.78 is 5.74. The van der Waals surface area contributed by atoms with Gasteiger partial charge in [0.05, 0.1) is 39.6 Å². The third-order valence-electron chi connectivity index (χ3n) is 18.8. The number of rotatable bonds is 22. The number of carbonyl (C=O) groups excluding carboxylic acids is 2. The zero-order valence-electron chi connectivity index (χ0n) is 51.9. The molecule has 3 atom stereocenters. The Balaban J connectivity index is 0.000000174. The highest BCUT2D eigenvalue weighted by atomic mass is 32.1. The number of nitrogens with one attached hydrogen (secondary N) is 2. The van der Waals surface area contributed by atoms with E-state index in [1.54, 1.807) is 17.4 Å². The number of aromatic nitrogens is 4. The van der Waals surface area contributed by atoms with Crippen LogP contribution in [0.4, 0.5) is 17.3 Å². The van der Waals surface area contributed by atoms with Gasteiger partial charge in [-0.05, 0) is 164 Å². The minimum Gasteiger partial charge on any atom is -0.507 e. The monoisotopic (exact) mass is 1170 g/mol. The van der Waals surface area contributed by atoms with Crippen LogP contribution in [0, 0.1) is 30.1 Å². The Labute approximate surface area is 505 Å². The highest BCUT2D eigenvalue weighted by Gasteiger charge is 2.39. The second-order valence-electron chi connectivity index (χ2n) is 25.6. The molecule has 1 aliphatic carbocycles. The van der Waals surface area contributed by atoms with Crippen LogP contribution in [0.2, 0.25) is 0 Å². The van der Waals surface area contributed by atoms with Crippen molar-refractivity contribution in [2.24, 2.45) is 23.2 Å². The largest absolute Gasteiger partial charge is 0.507 e. The maximum atomic E-state index is 13.2. The highest BCUT2D eigenvalue weighted by Crippen LogP contribution is 2.41. The van der Waals surface area contributed by atoms with Gasteiger partial charge in [-0.15, -0.1) is 21.5 Å². The lowest BCUT2D eigenvalue weighted by Gasteiger charge is -2.47. The van der Waals surface area contributed by atoms with E-state index < -0.39 is 0 Å². The Morgan fingerprint density at radius 2 is 1.63 bits per heavy atom. The fourth-order valence-electron chi connectivity index (χ4n) is 13.1. The molecule has 17 nitrogen and oxygen atoms in total. The van der Waals surface area contributed by atoms with Gasteiger partial charge < -0.3 is 55.6 Å². The Morgan fingerprint density at radius 3 is 2.25 bits per heavy atom. The number of aryl methyl sites for hydroxylation is 1. The highest BCUT2D eigenvalue weighted by molar-refractivity contribution is 7.13. The lowest BCUT2D eigenvalue weighted by atomic mass is 9.72. The van der Waals surface area contributed by atoms with E-state index in [0.29, 0.717) is 40.7 Å². The van der Waals surface area contributed by atoms with Gasteiger partial charge in [-0.1, -0.05) is 89.0 Å². The molecule has 4 aliphatic heterocycles. The SMILES string of the molecule is CC(C)C(C(=O)N1CCCC1C)c1cc(N2CCC(CN3CCC(O)CC3)CC2)no1.CCCCNCCN(CC(C)(C)C1CCN(C2CCC2)CC1)c1cc(-c2ccccc2O)nnc1N.Cc1ncsc1-c1ccc(C(C)NC=O)cc1. The second-order valence-corrected chi connectivity index (χ2v) is 26.5. The smallest absolute Gasteiger partial charge is 0.233 e. The van der Waals surface area contributed by atoms with Gasteiger partial charge >= 0.3 is 0 Å². The molecule has 0 spiro atoms. The number of aliphatic hydroxyl groups excluding tert-OH is 1. The second kappa shape index (κ2) is 31.1. The topological polar surface area (TPSA) is 206 Å². The zero-order chi connectivity index (χ0) is 59.8. The number of piperidine rings is 3. The molecule has 84 heavy (non-hydrogen) atoms. The van der Waals surface area contributed by atoms with Crippen molar-refractivity contribution in [2.45, 2.75) is 169 Å². The van der Waals surface area contributed by atoms with Crippen LogP contribution in [0.3, 0.4) is 0 Å². The Kier molecular flexibility index (Phi) is 23.8. The first-order valence-corrected chi connectivity index (χ1v) is 32.6. The van der Waals surface area contributed by atoms with Crippen LogP contribution in [-0.2, 0) is 9.59 Å². The number of nitrogens with zero attached hydrogens (tertiary/aromatic N) is 9. The van der Waals surface area contributed by atoms with Gasteiger partial charge in [0.1, 0.15) is 11.7 Å². The summed E-state index contributed by atoms with van der Waals surface area (Å²) in [6, 6.07) is 20.7. The molecule has 3 unspecified atom stereocenters. The number of benzene rings is 2. The maximum absolute atomic E-state index is 13.2. The Morgan fingerprint density at radius 1 is 0.905 bits per heavy atom. The average molecular weight is 1170 g/mol. The maximum Gasteiger partial charge on any atom is 0.233 e. The molecule has 0 radical (unpaired) electrons. The summed E-state index contributed by atoms with van der Waals surface area (Å²) in [6.45, 7) is 29.5. The van der Waals surface area contributed by atoms with Gasteiger partial charge in [-0.2, -0.15) is 0 Å². The first-order valence-electron chi connectivity index (χ1n) is 31.8. The van der Waals surface area contributed by atoms with Gasteiger partial charge in [0.25, 0.3) is 0 Å². The number of nitrogens with two attached hydrogens (primary N) is 1. The first-order chi connectivity index (χ1) is 40.5. The molecule has 460 valence electrons. The fourth-order valence-corrected chi connectivity index (χ4v) is 13.9. The van der Waals surface area contributed by atoms with Gasteiger partial charge in [-0.25, -0.2) is 4.98 Å². The number of carbonyl (C=O) groups is 2. The molecule has 2 aromatic carbocycles. The van der Waals surface area contributed by atoms with Crippen LogP contribution in [0.5, 0.6) is 5.75 Å². The summed E-state index contributed by atoms with van der Waals surface area (Å²) in [6.07, 6.45) is 16.0. The average Bonchev–Trinajstić information content (AvgIpc) is 4.35. The fraction of sp³-hybridized carbons (Fsp3) is 0.636. The van der Waals surface area contributed by atoms with Crippen LogP contribution in [-0.4, -0.2) is 154 Å². The lowest BCUT2D eigenvalue weighted by Crippen LogP contribution is -2.49. The van der Waals surface area contributed by atoms with E-state index in [9.17, 15) is 19.8 Å². The number of anilines is 3. The van der Waals surface area contributed by atoms with Gasteiger partial charge in [0.15, 0.2) is 17.4 Å². The van der Waals surface area contributed by atoms with Crippen LogP contribution >= 0.6 is 11.3 Å². The number of aliphatic hydroxyl groups is 1. The molecular formula is C66H100N12O5S. The van der Waals surface area contributed by atoms with Crippen molar-refractivity contribution >= 4 is 41.0 Å². The minimum atomic E-state index is -0.256. The Hall–Kier alpha value is -5.66. The van der Waals surface area contributed by atoms with Crippen LogP contribution in [0.25, 0.3) is 21.7 Å². The van der Waals surface area contributed by atoms with E-state index in [4.69, 9.17) is 10.3 Å². The molecule has 5 aliphatic rings. The van der Waals surface area contributed by atoms with Crippen LogP contribution in [0.1, 0.15) is 161 Å². The van der Waals surface area contributed by atoms with E-state index in [-0.39, 0.29) is 41.1 Å². The first kappa shape index (κ1) is 64.3. The molecule has 10 rings (SSSR count). The number of hydrogen-bond acceptors (Lipinski definition) is 16. The number of para-hydroxylation sites is 1. The summed E-state index contributed by atoms with van der Waals surface area (Å²) in [5.41, 5.74) is 14.0. The number of thiazole rings is 1. The third kappa shape index (κ3) is 17.3. The van der Waals surface area contributed by atoms with E-state index >= 15 is 0 Å². The number of nitrogen functional groups attached to an aromatic ring is 1. The molecule has 4 saturated heterocycles. The van der Waals surface area contributed by atoms with Crippen molar-refractivity contribution in [3.05, 3.63) is 83.2 Å². The molecule has 0 bridgehead atoms. The number of hydrogen-bond donors (Lipinski definition) is 5. The van der Waals surface area contributed by atoms with Crippen molar-refractivity contribution in [1.29, 1.82) is 0 Å². The summed E-state index contributed by atoms with van der Waals surface area (Å²) in [4.78, 5) is 41.0. The normalized spacial score (nSPS) is 19.5. The lowest BCUT2D eigenvalue weighted by molar-refractivity contribution is -0.135. The van der Waals surface area contributed by atoms with E-state index in [0.717, 1.165) is 139 Å². The van der Waals surface area contributed by atoms with Crippen molar-refractivity contribution in [2.75, 3.05) is 94.1 Å². The molecule has 1 saturated carbocycles. The molecule has 3 aromatic heterocycles. The van der Waals surface area contributed by atoms with E-state index in [1.165, 1.54) is 68.5 Å². The summed E-state index contributed by atoms with van der Waals surface area (Å²) >= 11 is 1.64. The summed E-state index contributed by atoms with van der Waals surface area (Å²) in [5.74, 6) is 3.73. The summed E-state index contributed by atoms with van der Waals surface area (Å²) in [5, 5.41) is 39.4. The Bertz CT molecular complexity index is 2780. The predicted molar refractivity (Wildman–Crippen MR) is 340 cm³/mol. The van der Waals surface area contributed by atoms with Gasteiger partial charge in [-0.3, -0.25) is 9.59 Å². The van der Waals surface area contributed by atoms with E-state index in [2.05, 4.69) is 104 Å². The van der Waals surface area contributed by atoms with Gasteiger partial charge in [0, 0.05) is 82.6 Å². The number of aromatic hydroxyl groups is 1. The standard InChI is InChI=1S/C29H46N6O.C24H40N4O3.C13H14N2OS/c1-4-5-15-31-16-19-35(21-29(2,3)22-13-17-34(18-14-22)23-9-8-10-23)26-20-25(32-33-28(26)30)24-11-6-7-12-27(24)36;1-17(2)23(24(30)28-10-4-5-18(28)3)21-15-22(25-31-21)27-13-6-19(7-14-27)16-26-11-8-20(29)9-12-26;1-9(14-7-16)11-3-5-12(6-4-11)13-10(2)15-8-17-13/h6-7,11-12,20,22-23,31,36H,4-5,8-10,13-19,21H2,1-3H3,(H2,30,33);15,17-20,23,29H,4-14,16H2,1-3H3;3-9H,1-2H3,(H,14,16). The molecule has 5 fully saturated rings. The van der Waals surface area contributed by atoms with Crippen LogP contribution < -0.4 is 26.2 Å². The number of amides is 2. The van der Waals surface area contributed by atoms with Gasteiger partial charge in [0.2, 0.25) is 12.3 Å². The zero-order valence-corrected chi connectivity index (χ0v) is 52.7. The number of phenolic OH excluding ortho intramolecular Hbond substituents is 1. The predicted octanol–water partition coefficient (Wildman–Crippen LogP) is 10.9. The van der Waals surface area contributed by atoms with Crippen molar-refractivity contribution < 1.29 is 24.3 Å². The van der Waals surface area contributed by atoms with Crippen molar-refractivity contribution in [1.82, 2.24) is 45.7 Å². The molecule has 6 N–H and O–H groups in total.